The largest absolute Gasteiger partial charge is 0.497 e. The molecule has 0 saturated carbocycles. The van der Waals surface area contributed by atoms with Crippen LogP contribution in [0, 0.1) is 13.8 Å². The minimum atomic E-state index is 0.763. The highest BCUT2D eigenvalue weighted by Gasteiger charge is 2.20. The molecule has 0 radical (unpaired) electrons. The van der Waals surface area contributed by atoms with Crippen LogP contribution in [0.5, 0.6) is 5.75 Å². The third-order valence-electron chi connectivity index (χ3n) is 8.04. The molecule has 1 aliphatic heterocycles. The molecule has 0 unspecified atom stereocenters. The second kappa shape index (κ2) is 12.0. The summed E-state index contributed by atoms with van der Waals surface area (Å²) in [5, 5.41) is 3.55. The van der Waals surface area contributed by atoms with Crippen molar-refractivity contribution in [3.63, 3.8) is 0 Å². The van der Waals surface area contributed by atoms with Crippen LogP contribution in [-0.2, 0) is 0 Å². The summed E-state index contributed by atoms with van der Waals surface area (Å²) in [5.74, 6) is 2.40. The molecule has 1 saturated heterocycles. The summed E-state index contributed by atoms with van der Waals surface area (Å²) in [6, 6.07) is 24.8. The summed E-state index contributed by atoms with van der Waals surface area (Å²) in [5.41, 5.74) is 7.66. The normalized spacial score (nSPS) is 14.0. The van der Waals surface area contributed by atoms with Crippen molar-refractivity contribution in [3.05, 3.63) is 90.3 Å². The van der Waals surface area contributed by atoms with Crippen molar-refractivity contribution in [2.45, 2.75) is 20.3 Å². The van der Waals surface area contributed by atoms with Crippen LogP contribution in [-0.4, -0.2) is 70.8 Å². The summed E-state index contributed by atoms with van der Waals surface area (Å²) < 4.78 is 7.46. The van der Waals surface area contributed by atoms with E-state index in [1.54, 1.807) is 13.4 Å². The number of methoxy groups -OCH3 is 1. The Labute approximate surface area is 241 Å². The molecule has 0 bridgehead atoms. The first-order valence-corrected chi connectivity index (χ1v) is 14.3. The predicted octanol–water partition coefficient (Wildman–Crippen LogP) is 5.73. The third kappa shape index (κ3) is 5.60. The highest BCUT2D eigenvalue weighted by molar-refractivity contribution is 5.88. The van der Waals surface area contributed by atoms with Gasteiger partial charge in [0.2, 0.25) is 0 Å². The Morgan fingerprint density at radius 2 is 1.63 bits per heavy atom. The highest BCUT2D eigenvalue weighted by Crippen LogP contribution is 2.31. The SMILES string of the molecule is COc1ccc(-n2c(-c3ccccc3)nc3c(NCCCN4CCN(c5cccc(C)c5C)CC4)ncnc32)cc1. The number of nitrogens with one attached hydrogen (secondary N) is 1. The summed E-state index contributed by atoms with van der Waals surface area (Å²) in [4.78, 5) is 19.4. The zero-order chi connectivity index (χ0) is 28.2. The van der Waals surface area contributed by atoms with Crippen molar-refractivity contribution in [1.82, 2.24) is 24.4 Å². The fourth-order valence-corrected chi connectivity index (χ4v) is 5.58. The monoisotopic (exact) mass is 547 g/mol. The minimum absolute atomic E-state index is 0.763. The lowest BCUT2D eigenvalue weighted by Crippen LogP contribution is -2.47. The van der Waals surface area contributed by atoms with E-state index in [-0.39, 0.29) is 0 Å². The molecular formula is C33H37N7O. The van der Waals surface area contributed by atoms with E-state index in [9.17, 15) is 0 Å². The van der Waals surface area contributed by atoms with Crippen LogP contribution >= 0.6 is 0 Å². The van der Waals surface area contributed by atoms with Crippen LogP contribution < -0.4 is 15.0 Å². The first-order valence-electron chi connectivity index (χ1n) is 14.3. The van der Waals surface area contributed by atoms with E-state index in [4.69, 9.17) is 9.72 Å². The van der Waals surface area contributed by atoms with Crippen molar-refractivity contribution >= 4 is 22.7 Å². The summed E-state index contributed by atoms with van der Waals surface area (Å²) >= 11 is 0. The van der Waals surface area contributed by atoms with Gasteiger partial charge in [-0.15, -0.1) is 0 Å². The van der Waals surface area contributed by atoms with Gasteiger partial charge < -0.3 is 15.0 Å². The van der Waals surface area contributed by atoms with E-state index in [2.05, 4.69) is 73.8 Å². The first kappa shape index (κ1) is 26.8. The molecule has 0 aliphatic carbocycles. The number of hydrogen-bond acceptors (Lipinski definition) is 7. The average molecular weight is 548 g/mol. The number of imidazole rings is 1. The number of rotatable bonds is 9. The Hall–Kier alpha value is -4.43. The van der Waals surface area contributed by atoms with Gasteiger partial charge in [-0.05, 0) is 68.3 Å². The maximum absolute atomic E-state index is 5.37. The molecule has 0 atom stereocenters. The number of aromatic nitrogens is 4. The van der Waals surface area contributed by atoms with Gasteiger partial charge in [-0.1, -0.05) is 42.5 Å². The Bertz CT molecular complexity index is 1610. The number of ether oxygens (including phenoxy) is 1. The molecule has 3 aromatic carbocycles. The van der Waals surface area contributed by atoms with E-state index in [0.717, 1.165) is 85.5 Å². The lowest BCUT2D eigenvalue weighted by Gasteiger charge is -2.37. The number of benzene rings is 3. The molecule has 8 heteroatoms. The first-order chi connectivity index (χ1) is 20.1. The van der Waals surface area contributed by atoms with Gasteiger partial charge in [0.1, 0.15) is 17.9 Å². The molecule has 5 aromatic rings. The van der Waals surface area contributed by atoms with Crippen LogP contribution in [0.2, 0.25) is 0 Å². The second-order valence-electron chi connectivity index (χ2n) is 10.6. The van der Waals surface area contributed by atoms with Gasteiger partial charge in [0.15, 0.2) is 17.0 Å². The number of aryl methyl sites for hydroxylation is 1. The van der Waals surface area contributed by atoms with Crippen LogP contribution in [0.15, 0.2) is 79.1 Å². The maximum Gasteiger partial charge on any atom is 0.170 e. The Balaban J connectivity index is 1.14. The van der Waals surface area contributed by atoms with E-state index in [1.807, 2.05) is 42.5 Å². The lowest BCUT2D eigenvalue weighted by molar-refractivity contribution is 0.257. The molecule has 210 valence electrons. The highest BCUT2D eigenvalue weighted by atomic mass is 16.5. The van der Waals surface area contributed by atoms with Crippen molar-refractivity contribution in [3.8, 4) is 22.8 Å². The summed E-state index contributed by atoms with van der Waals surface area (Å²) in [7, 11) is 1.68. The molecule has 1 N–H and O–H groups in total. The fourth-order valence-electron chi connectivity index (χ4n) is 5.58. The van der Waals surface area contributed by atoms with E-state index in [1.165, 1.54) is 16.8 Å². The van der Waals surface area contributed by atoms with Gasteiger partial charge in [-0.2, -0.15) is 0 Å². The van der Waals surface area contributed by atoms with Crippen LogP contribution in [0.4, 0.5) is 11.5 Å². The Morgan fingerprint density at radius 1 is 0.854 bits per heavy atom. The van der Waals surface area contributed by atoms with Crippen LogP contribution in [0.3, 0.4) is 0 Å². The Kier molecular flexibility index (Phi) is 7.82. The van der Waals surface area contributed by atoms with E-state index < -0.39 is 0 Å². The van der Waals surface area contributed by atoms with Gasteiger partial charge in [-0.25, -0.2) is 15.0 Å². The molecule has 41 heavy (non-hydrogen) atoms. The molecule has 6 rings (SSSR count). The minimum Gasteiger partial charge on any atom is -0.497 e. The van der Waals surface area contributed by atoms with Crippen LogP contribution in [0.1, 0.15) is 17.5 Å². The summed E-state index contributed by atoms with van der Waals surface area (Å²) in [6.45, 7) is 10.6. The lowest BCUT2D eigenvalue weighted by atomic mass is 10.1. The number of fused-ring (bicyclic) bond motifs is 1. The quantitative estimate of drug-likeness (QED) is 0.236. The summed E-state index contributed by atoms with van der Waals surface area (Å²) in [6.07, 6.45) is 2.65. The molecule has 1 aliphatic rings. The number of anilines is 2. The third-order valence-corrected chi connectivity index (χ3v) is 8.04. The smallest absolute Gasteiger partial charge is 0.170 e. The van der Waals surface area contributed by atoms with Crippen molar-refractivity contribution in [2.24, 2.45) is 0 Å². The van der Waals surface area contributed by atoms with Gasteiger partial charge in [0, 0.05) is 49.7 Å². The molecular weight excluding hydrogens is 510 g/mol. The van der Waals surface area contributed by atoms with Gasteiger partial charge in [-0.3, -0.25) is 9.47 Å². The van der Waals surface area contributed by atoms with Crippen LogP contribution in [0.25, 0.3) is 28.2 Å². The fraction of sp³-hybridized carbons (Fsp3) is 0.303. The molecule has 8 nitrogen and oxygen atoms in total. The van der Waals surface area contributed by atoms with Gasteiger partial charge in [0.05, 0.1) is 7.11 Å². The van der Waals surface area contributed by atoms with Crippen molar-refractivity contribution in [2.75, 3.05) is 56.6 Å². The number of hydrogen-bond donors (Lipinski definition) is 1. The molecule has 0 spiro atoms. The molecule has 2 aromatic heterocycles. The van der Waals surface area contributed by atoms with Crippen molar-refractivity contribution in [1.29, 1.82) is 0 Å². The Morgan fingerprint density at radius 3 is 2.39 bits per heavy atom. The standard InChI is InChI=1S/C33H37N7O/c1-24-9-7-12-29(25(24)2)39-21-19-38(20-22-39)18-8-17-34-31-30-33(36-23-35-31)40(27-13-15-28(41-3)16-14-27)32(37-30)26-10-5-4-6-11-26/h4-7,9-16,23H,8,17-22H2,1-3H3,(H,34,35,36). The topological polar surface area (TPSA) is 71.3 Å². The number of nitrogens with zero attached hydrogens (tertiary/aromatic N) is 6. The van der Waals surface area contributed by atoms with Crippen molar-refractivity contribution < 1.29 is 4.74 Å². The number of piperazine rings is 1. The average Bonchev–Trinajstić information content (AvgIpc) is 3.42. The zero-order valence-corrected chi connectivity index (χ0v) is 24.0. The molecule has 1 fully saturated rings. The second-order valence-corrected chi connectivity index (χ2v) is 10.6. The molecule has 3 heterocycles. The maximum atomic E-state index is 5.37. The van der Waals surface area contributed by atoms with E-state index >= 15 is 0 Å². The van der Waals surface area contributed by atoms with Gasteiger partial charge >= 0.3 is 0 Å². The predicted molar refractivity (Wildman–Crippen MR) is 166 cm³/mol. The molecule has 0 amide bonds. The zero-order valence-electron chi connectivity index (χ0n) is 24.0. The van der Waals surface area contributed by atoms with Gasteiger partial charge in [0.25, 0.3) is 0 Å². The van der Waals surface area contributed by atoms with E-state index in [0.29, 0.717) is 0 Å².